The molecule has 1 fully saturated rings. The van der Waals surface area contributed by atoms with Gasteiger partial charge in [-0.3, -0.25) is 14.5 Å². The molecule has 1 aliphatic rings. The first-order valence-corrected chi connectivity index (χ1v) is 11.9. The Morgan fingerprint density at radius 1 is 1.14 bits per heavy atom. The SMILES string of the molecule is B[C@](C(=O)NC1CCC(F)(F)CC1)(c1cncnc1)N(C(=O)[C@H](F)Cl)c1ccc(SC(F)(F)F)cc1. The number of halogens is 7. The molecular formula is C21H20BClF6N4O2S. The van der Waals surface area contributed by atoms with Crippen molar-refractivity contribution in [3.8, 4) is 0 Å². The Morgan fingerprint density at radius 2 is 1.69 bits per heavy atom. The van der Waals surface area contributed by atoms with Crippen LogP contribution in [0.3, 0.4) is 0 Å². The van der Waals surface area contributed by atoms with Gasteiger partial charge in [-0.05, 0) is 48.9 Å². The number of hydrogen-bond acceptors (Lipinski definition) is 5. The van der Waals surface area contributed by atoms with E-state index in [1.54, 1.807) is 0 Å². The number of nitrogens with one attached hydrogen (secondary N) is 1. The largest absolute Gasteiger partial charge is 0.446 e. The van der Waals surface area contributed by atoms with Gasteiger partial charge in [0, 0.05) is 47.4 Å². The molecule has 0 spiro atoms. The van der Waals surface area contributed by atoms with E-state index in [9.17, 15) is 35.9 Å². The van der Waals surface area contributed by atoms with Crippen LogP contribution in [-0.4, -0.2) is 52.7 Å². The molecule has 1 aliphatic carbocycles. The first-order chi connectivity index (χ1) is 16.7. The van der Waals surface area contributed by atoms with Crippen molar-refractivity contribution in [2.75, 3.05) is 4.90 Å². The molecule has 0 aliphatic heterocycles. The maximum Gasteiger partial charge on any atom is 0.446 e. The Morgan fingerprint density at radius 3 is 2.19 bits per heavy atom. The van der Waals surface area contributed by atoms with Crippen LogP contribution in [-0.2, 0) is 15.0 Å². The predicted octanol–water partition coefficient (Wildman–Crippen LogP) is 4.14. The molecule has 6 nitrogen and oxygen atoms in total. The van der Waals surface area contributed by atoms with Crippen molar-refractivity contribution in [3.05, 3.63) is 48.5 Å². The lowest BCUT2D eigenvalue weighted by atomic mass is 9.69. The molecule has 0 bridgehead atoms. The molecule has 3 rings (SSSR count). The Kier molecular flexibility index (Phi) is 8.49. The molecule has 1 heterocycles. The average Bonchev–Trinajstić information content (AvgIpc) is 2.81. The fourth-order valence-electron chi connectivity index (χ4n) is 3.92. The van der Waals surface area contributed by atoms with Crippen molar-refractivity contribution in [1.82, 2.24) is 15.3 Å². The molecule has 36 heavy (non-hydrogen) atoms. The minimum Gasteiger partial charge on any atom is -0.352 e. The molecule has 2 aromatic rings. The maximum absolute atomic E-state index is 14.2. The van der Waals surface area contributed by atoms with Crippen LogP contribution in [0.25, 0.3) is 0 Å². The third-order valence-electron chi connectivity index (χ3n) is 5.80. The number of thioether (sulfide) groups is 1. The number of alkyl halides is 7. The van der Waals surface area contributed by atoms with Crippen LogP contribution in [0, 0.1) is 0 Å². The molecule has 15 heteroatoms. The standard InChI is InChI=1S/C21H20BClF6N4O2S/c22-20(12-9-30-11-31-10-12,18(35)32-13-5-7-19(25,26)8-6-13)33(17(34)16(23)24)14-1-3-15(4-2-14)36-21(27,28)29/h1-4,9-11,13,16H,5-8,22H2,(H,32,35)/t16-,20+/m0/s1. The van der Waals surface area contributed by atoms with Crippen molar-refractivity contribution < 1.29 is 35.9 Å². The zero-order chi connectivity index (χ0) is 26.7. The summed E-state index contributed by atoms with van der Waals surface area (Å²) in [7, 11) is 1.26. The second-order valence-corrected chi connectivity index (χ2v) is 9.84. The van der Waals surface area contributed by atoms with Crippen LogP contribution in [0.2, 0.25) is 0 Å². The summed E-state index contributed by atoms with van der Waals surface area (Å²) in [5.74, 6) is -5.08. The molecule has 2 amide bonds. The van der Waals surface area contributed by atoms with E-state index in [4.69, 9.17) is 11.6 Å². The van der Waals surface area contributed by atoms with Crippen LogP contribution in [0.4, 0.5) is 32.0 Å². The summed E-state index contributed by atoms with van der Waals surface area (Å²) in [6.07, 6.45) is 2.61. The molecule has 2 atom stereocenters. The minimum atomic E-state index is -4.57. The lowest BCUT2D eigenvalue weighted by molar-refractivity contribution is -0.130. The van der Waals surface area contributed by atoms with Crippen molar-refractivity contribution >= 4 is 48.7 Å². The smallest absolute Gasteiger partial charge is 0.352 e. The Labute approximate surface area is 212 Å². The molecule has 1 N–H and O–H groups in total. The third kappa shape index (κ3) is 6.64. The Hall–Kier alpha value is -2.48. The number of carbonyl (C=O) groups is 2. The van der Waals surface area contributed by atoms with Gasteiger partial charge in [0.15, 0.2) is 7.85 Å². The summed E-state index contributed by atoms with van der Waals surface area (Å²) in [6, 6.07) is 3.68. The topological polar surface area (TPSA) is 75.2 Å². The van der Waals surface area contributed by atoms with Crippen LogP contribution >= 0.6 is 23.4 Å². The van der Waals surface area contributed by atoms with Gasteiger partial charge in [0.1, 0.15) is 11.8 Å². The summed E-state index contributed by atoms with van der Waals surface area (Å²) in [6.45, 7) is 0. The van der Waals surface area contributed by atoms with E-state index in [-0.39, 0.29) is 29.0 Å². The van der Waals surface area contributed by atoms with Crippen molar-refractivity contribution in [2.24, 2.45) is 0 Å². The van der Waals surface area contributed by atoms with Crippen molar-refractivity contribution in [1.29, 1.82) is 0 Å². The molecule has 1 aromatic carbocycles. The summed E-state index contributed by atoms with van der Waals surface area (Å²) in [5.41, 5.74) is -9.33. The van der Waals surface area contributed by atoms with Crippen LogP contribution in [0.1, 0.15) is 31.2 Å². The molecule has 0 unspecified atom stereocenters. The molecule has 1 saturated carbocycles. The van der Waals surface area contributed by atoms with Crippen LogP contribution in [0.15, 0.2) is 47.9 Å². The molecule has 194 valence electrons. The summed E-state index contributed by atoms with van der Waals surface area (Å²) in [4.78, 5) is 34.8. The number of amides is 2. The van der Waals surface area contributed by atoms with Crippen molar-refractivity contribution in [2.45, 2.75) is 59.1 Å². The number of nitrogens with zero attached hydrogens (tertiary/aromatic N) is 3. The van der Waals surface area contributed by atoms with Crippen LogP contribution in [0.5, 0.6) is 0 Å². The van der Waals surface area contributed by atoms with Gasteiger partial charge in [-0.25, -0.2) is 23.1 Å². The Balaban J connectivity index is 2.04. The van der Waals surface area contributed by atoms with Crippen LogP contribution < -0.4 is 10.2 Å². The summed E-state index contributed by atoms with van der Waals surface area (Å²) < 4.78 is 79.5. The fraction of sp³-hybridized carbons (Fsp3) is 0.429. The van der Waals surface area contributed by atoms with Gasteiger partial charge in [0.25, 0.3) is 11.5 Å². The number of hydrogen-bond donors (Lipinski definition) is 1. The highest BCUT2D eigenvalue weighted by Crippen LogP contribution is 2.39. The van der Waals surface area contributed by atoms with E-state index in [2.05, 4.69) is 15.3 Å². The van der Waals surface area contributed by atoms with E-state index in [1.807, 2.05) is 0 Å². The number of rotatable bonds is 7. The number of aromatic nitrogens is 2. The molecular weight excluding hydrogens is 533 g/mol. The molecule has 0 saturated heterocycles. The van der Waals surface area contributed by atoms with Gasteiger partial charge in [-0.2, -0.15) is 13.2 Å². The quantitative estimate of drug-likeness (QED) is 0.242. The first kappa shape index (κ1) is 28.1. The first-order valence-electron chi connectivity index (χ1n) is 10.7. The van der Waals surface area contributed by atoms with E-state index in [1.165, 1.54) is 20.2 Å². The second-order valence-electron chi connectivity index (χ2n) is 8.32. The molecule has 0 radical (unpaired) electrons. The fourth-order valence-corrected chi connectivity index (χ4v) is 4.56. The highest BCUT2D eigenvalue weighted by molar-refractivity contribution is 8.00. The zero-order valence-electron chi connectivity index (χ0n) is 18.7. The Bertz CT molecular complexity index is 1070. The normalized spacial score (nSPS) is 18.6. The van der Waals surface area contributed by atoms with Gasteiger partial charge in [0.2, 0.25) is 11.8 Å². The predicted molar refractivity (Wildman–Crippen MR) is 124 cm³/mol. The zero-order valence-corrected chi connectivity index (χ0v) is 20.3. The lowest BCUT2D eigenvalue weighted by Crippen LogP contribution is -2.62. The highest BCUT2D eigenvalue weighted by atomic mass is 35.5. The van der Waals surface area contributed by atoms with Crippen molar-refractivity contribution in [3.63, 3.8) is 0 Å². The minimum absolute atomic E-state index is 0.0291. The van der Waals surface area contributed by atoms with Gasteiger partial charge in [0.05, 0.1) is 0 Å². The van der Waals surface area contributed by atoms with E-state index in [0.717, 1.165) is 30.6 Å². The van der Waals surface area contributed by atoms with E-state index < -0.39 is 65.0 Å². The van der Waals surface area contributed by atoms with E-state index in [0.29, 0.717) is 4.90 Å². The van der Waals surface area contributed by atoms with E-state index >= 15 is 0 Å². The lowest BCUT2D eigenvalue weighted by Gasteiger charge is -2.42. The summed E-state index contributed by atoms with van der Waals surface area (Å²) >= 11 is 5.06. The maximum atomic E-state index is 14.2. The third-order valence-corrected chi connectivity index (χ3v) is 6.73. The van der Waals surface area contributed by atoms with Gasteiger partial charge in [-0.15, -0.1) is 0 Å². The average molecular weight is 553 g/mol. The van der Waals surface area contributed by atoms with Gasteiger partial charge >= 0.3 is 5.51 Å². The van der Waals surface area contributed by atoms with Gasteiger partial charge < -0.3 is 5.32 Å². The number of carbonyl (C=O) groups excluding carboxylic acids is 2. The monoisotopic (exact) mass is 552 g/mol. The molecule has 1 aromatic heterocycles. The van der Waals surface area contributed by atoms with Gasteiger partial charge in [-0.1, -0.05) is 11.6 Å². The number of anilines is 1. The second kappa shape index (κ2) is 10.9. The highest BCUT2D eigenvalue weighted by Gasteiger charge is 2.48. The summed E-state index contributed by atoms with van der Waals surface area (Å²) in [5, 5.41) is 2.64. The number of benzene rings is 1.